The van der Waals surface area contributed by atoms with Crippen LogP contribution in [0.4, 0.5) is 0 Å². The summed E-state index contributed by atoms with van der Waals surface area (Å²) in [5.41, 5.74) is 34.8. The molecule has 1 nitrogen and oxygen atoms in total. The van der Waals surface area contributed by atoms with E-state index in [1.807, 2.05) is 6.07 Å². The third-order valence-corrected chi connectivity index (χ3v) is 20.1. The average molecular weight is 1030 g/mol. The quantitative estimate of drug-likeness (QED) is 0.126. The lowest BCUT2D eigenvalue weighted by Crippen LogP contribution is -2.55. The number of fused-ring (bicyclic) bond motifs is 8. The molecular formula is C68H55B13O. The van der Waals surface area contributed by atoms with E-state index in [9.17, 15) is 0 Å². The monoisotopic (exact) mass is 1030 g/mol. The maximum Gasteiger partial charge on any atom is 0.139 e. The minimum Gasteiger partial charge on any atom is -0.456 e. The van der Waals surface area contributed by atoms with Gasteiger partial charge in [0.2, 0.25) is 0 Å². The standard InChI is InChI=1S/C68H55B13O/c69-56-51-49(52-54(59(72)65(78)63(76)57(52)70)50(53(51)58(71)64(77)62(56)75)55-60(73)66(79)68(81)67(80)61(55)74)34-12-9-11-33(28-34)37-26-24-30-10-1-2-13-36(30)46(37)31-20-22-32(23-21-31)47-39-15-3-5-17-41(39)48(42-18-6-4-16-40(42)47)35-25-27-45-43(29-35)38-14-7-8-19-44(38)82-45/h1-29H,69-81H2. The van der Waals surface area contributed by atoms with Crippen LogP contribution in [0.25, 0.3) is 143 Å². The zero-order valence-corrected chi connectivity index (χ0v) is 49.7. The minimum atomic E-state index is 0.907. The van der Waals surface area contributed by atoms with E-state index in [2.05, 4.69) is 272 Å². The van der Waals surface area contributed by atoms with E-state index in [0.29, 0.717) is 0 Å². The Morgan fingerprint density at radius 1 is 0.207 bits per heavy atom. The Labute approximate surface area is 492 Å². The first-order chi connectivity index (χ1) is 39.6. The van der Waals surface area contributed by atoms with Crippen LogP contribution in [0.3, 0.4) is 0 Å². The first-order valence-electron chi connectivity index (χ1n) is 29.3. The van der Waals surface area contributed by atoms with Gasteiger partial charge in [-0.15, -0.1) is 38.2 Å². The van der Waals surface area contributed by atoms with Gasteiger partial charge in [0.05, 0.1) is 0 Å². The molecule has 14 rings (SSSR count). The molecule has 0 aliphatic carbocycles. The molecule has 0 unspecified atom stereocenters. The van der Waals surface area contributed by atoms with Crippen molar-refractivity contribution in [1.29, 1.82) is 0 Å². The summed E-state index contributed by atoms with van der Waals surface area (Å²) < 4.78 is 6.30. The van der Waals surface area contributed by atoms with Crippen molar-refractivity contribution < 1.29 is 4.42 Å². The van der Waals surface area contributed by atoms with Gasteiger partial charge >= 0.3 is 0 Å². The van der Waals surface area contributed by atoms with Crippen LogP contribution in [0, 0.1) is 0 Å². The van der Waals surface area contributed by atoms with Crippen LogP contribution < -0.4 is 71.0 Å². The Morgan fingerprint density at radius 2 is 0.598 bits per heavy atom. The van der Waals surface area contributed by atoms with Gasteiger partial charge in [0.15, 0.2) is 0 Å². The van der Waals surface area contributed by atoms with E-state index < -0.39 is 0 Å². The molecule has 0 radical (unpaired) electrons. The number of hydrogen-bond donors (Lipinski definition) is 0. The molecule has 14 aromatic rings. The van der Waals surface area contributed by atoms with Gasteiger partial charge in [-0.2, -0.15) is 0 Å². The second-order valence-corrected chi connectivity index (χ2v) is 23.8. The molecule has 1 aromatic heterocycles. The smallest absolute Gasteiger partial charge is 0.139 e. The topological polar surface area (TPSA) is 13.1 Å². The summed E-state index contributed by atoms with van der Waals surface area (Å²) in [5, 5.41) is 15.2. The highest BCUT2D eigenvalue weighted by atomic mass is 16.3. The highest BCUT2D eigenvalue weighted by molar-refractivity contribution is 6.73. The lowest BCUT2D eigenvalue weighted by molar-refractivity contribution is 0.669. The Balaban J connectivity index is 0.981. The normalized spacial score (nSPS) is 11.8. The van der Waals surface area contributed by atoms with Gasteiger partial charge in [0.1, 0.15) is 113 Å². The van der Waals surface area contributed by atoms with Crippen LogP contribution in [-0.4, -0.2) is 102 Å². The average Bonchev–Trinajstić information content (AvgIpc) is 4.10. The molecule has 0 amide bonds. The summed E-state index contributed by atoms with van der Waals surface area (Å²) in [6.45, 7) is 0. The Kier molecular flexibility index (Phi) is 12.3. The molecular weight excluding hydrogens is 973 g/mol. The highest BCUT2D eigenvalue weighted by Gasteiger charge is 2.28. The molecule has 0 spiro atoms. The highest BCUT2D eigenvalue weighted by Crippen LogP contribution is 2.47. The number of benzene rings is 13. The van der Waals surface area contributed by atoms with Gasteiger partial charge in [-0.3, -0.25) is 0 Å². The molecule has 0 saturated carbocycles. The van der Waals surface area contributed by atoms with Gasteiger partial charge in [-0.1, -0.05) is 184 Å². The lowest BCUT2D eigenvalue weighted by atomic mass is 9.56. The van der Waals surface area contributed by atoms with E-state index in [1.165, 1.54) is 192 Å². The summed E-state index contributed by atoms with van der Waals surface area (Å²) in [5.74, 6) is 0. The van der Waals surface area contributed by atoms with Crippen molar-refractivity contribution in [1.82, 2.24) is 0 Å². The summed E-state index contributed by atoms with van der Waals surface area (Å²) >= 11 is 0. The van der Waals surface area contributed by atoms with E-state index in [1.54, 1.807) is 0 Å². The van der Waals surface area contributed by atoms with Crippen LogP contribution in [0.2, 0.25) is 0 Å². The van der Waals surface area contributed by atoms with Crippen LogP contribution in [0.1, 0.15) is 0 Å². The molecule has 14 heteroatoms. The largest absolute Gasteiger partial charge is 0.456 e. The first kappa shape index (κ1) is 51.9. The van der Waals surface area contributed by atoms with Gasteiger partial charge < -0.3 is 4.42 Å². The van der Waals surface area contributed by atoms with Crippen molar-refractivity contribution in [3.8, 4) is 66.8 Å². The van der Waals surface area contributed by atoms with E-state index in [0.717, 1.165) is 21.9 Å². The summed E-state index contributed by atoms with van der Waals surface area (Å²) in [6, 6.07) is 65.6. The Bertz CT molecular complexity index is 4980. The predicted molar refractivity (Wildman–Crippen MR) is 400 cm³/mol. The van der Waals surface area contributed by atoms with Gasteiger partial charge in [-0.05, 0) is 145 Å². The van der Waals surface area contributed by atoms with Gasteiger partial charge in [-0.25, -0.2) is 0 Å². The zero-order chi connectivity index (χ0) is 56.7. The predicted octanol–water partition coefficient (Wildman–Crippen LogP) is -3.29. The van der Waals surface area contributed by atoms with E-state index >= 15 is 0 Å². The van der Waals surface area contributed by atoms with Crippen LogP contribution in [0.15, 0.2) is 180 Å². The SMILES string of the molecule is Bc1c(B)c(B)c(-c2c3c(B)c(B)c(B)c(B)c3c(-c3cccc(-c4ccc5ccccc5c4-c4ccc(-c5c6ccccc6c(-c6ccc7oc8ccccc8c7c6)c6ccccc56)cc4)c3)c3c(B)c(B)c(B)c(B)c23)c(B)c1B. The molecule has 0 aliphatic rings. The van der Waals surface area contributed by atoms with Crippen molar-refractivity contribution in [2.75, 3.05) is 0 Å². The molecule has 1 heterocycles. The van der Waals surface area contributed by atoms with Crippen molar-refractivity contribution in [2.45, 2.75) is 0 Å². The molecule has 0 saturated heterocycles. The number of rotatable bonds is 6. The molecule has 0 fully saturated rings. The van der Waals surface area contributed by atoms with E-state index in [4.69, 9.17) is 4.42 Å². The fourth-order valence-corrected chi connectivity index (χ4v) is 14.6. The van der Waals surface area contributed by atoms with Crippen LogP contribution >= 0.6 is 0 Å². The number of hydrogen-bond acceptors (Lipinski definition) is 1. The molecule has 0 N–H and O–H groups in total. The summed E-state index contributed by atoms with van der Waals surface area (Å²) in [4.78, 5) is 0. The fourth-order valence-electron chi connectivity index (χ4n) is 14.6. The van der Waals surface area contributed by atoms with Crippen molar-refractivity contribution in [2.24, 2.45) is 0 Å². The van der Waals surface area contributed by atoms with Gasteiger partial charge in [0.25, 0.3) is 0 Å². The van der Waals surface area contributed by atoms with Crippen molar-refractivity contribution in [3.05, 3.63) is 176 Å². The maximum atomic E-state index is 6.30. The zero-order valence-electron chi connectivity index (χ0n) is 49.7. The number of para-hydroxylation sites is 1. The first-order valence-corrected chi connectivity index (χ1v) is 29.3. The Morgan fingerprint density at radius 3 is 1.15 bits per heavy atom. The molecule has 0 atom stereocenters. The van der Waals surface area contributed by atoms with Crippen LogP contribution in [-0.2, 0) is 0 Å². The fraction of sp³-hybridized carbons (Fsp3) is 0. The third kappa shape index (κ3) is 7.59. The second kappa shape index (κ2) is 19.5. The number of furan rings is 1. The molecule has 13 aromatic carbocycles. The minimum absolute atomic E-state index is 0.907. The Hall–Kier alpha value is -8.20. The van der Waals surface area contributed by atoms with Crippen LogP contribution in [0.5, 0.6) is 0 Å². The lowest BCUT2D eigenvalue weighted by Gasteiger charge is -2.30. The van der Waals surface area contributed by atoms with Gasteiger partial charge in [0, 0.05) is 10.8 Å². The third-order valence-electron chi connectivity index (χ3n) is 20.1. The molecule has 0 aliphatic heterocycles. The molecule has 372 valence electrons. The van der Waals surface area contributed by atoms with Crippen molar-refractivity contribution >= 4 is 249 Å². The second-order valence-electron chi connectivity index (χ2n) is 23.8. The summed E-state index contributed by atoms with van der Waals surface area (Å²) in [7, 11) is 30.6. The van der Waals surface area contributed by atoms with E-state index in [-0.39, 0.29) is 0 Å². The molecule has 0 bridgehead atoms. The van der Waals surface area contributed by atoms with Crippen molar-refractivity contribution in [3.63, 3.8) is 0 Å². The maximum absolute atomic E-state index is 6.30. The molecule has 82 heavy (non-hydrogen) atoms. The summed E-state index contributed by atoms with van der Waals surface area (Å²) in [6.07, 6.45) is 0.